The van der Waals surface area contributed by atoms with Gasteiger partial charge in [-0.3, -0.25) is 4.79 Å². The molecule has 3 heteroatoms. The molecule has 100 valence electrons. The highest BCUT2D eigenvalue weighted by molar-refractivity contribution is 5.72. The molecule has 1 unspecified atom stereocenters. The Hall–Kier alpha value is -1.35. The Bertz CT molecular complexity index is 338. The predicted octanol–water partition coefficient (Wildman–Crippen LogP) is 2.55. The van der Waals surface area contributed by atoms with Crippen LogP contribution in [0.15, 0.2) is 30.3 Å². The molecule has 1 aromatic carbocycles. The number of ether oxygens (including phenoxy) is 1. The summed E-state index contributed by atoms with van der Waals surface area (Å²) in [6, 6.07) is 9.67. The Labute approximate surface area is 110 Å². The van der Waals surface area contributed by atoms with Gasteiger partial charge in [0.2, 0.25) is 0 Å². The smallest absolute Gasteiger partial charge is 0.310 e. The lowest BCUT2D eigenvalue weighted by molar-refractivity contribution is -0.147. The van der Waals surface area contributed by atoms with E-state index in [0.717, 1.165) is 25.1 Å². The van der Waals surface area contributed by atoms with Crippen molar-refractivity contribution in [3.05, 3.63) is 35.9 Å². The molecule has 18 heavy (non-hydrogen) atoms. The second-order valence-electron chi connectivity index (χ2n) is 4.52. The SMILES string of the molecule is CCCCNCC(C)OC(=O)Cc1ccccc1. The van der Waals surface area contributed by atoms with Gasteiger partial charge in [0.1, 0.15) is 6.10 Å². The highest BCUT2D eigenvalue weighted by atomic mass is 16.5. The van der Waals surface area contributed by atoms with Crippen molar-refractivity contribution in [2.24, 2.45) is 0 Å². The molecule has 0 aliphatic heterocycles. The number of esters is 1. The van der Waals surface area contributed by atoms with Gasteiger partial charge in [-0.25, -0.2) is 0 Å². The number of hydrogen-bond acceptors (Lipinski definition) is 3. The minimum Gasteiger partial charge on any atom is -0.461 e. The average Bonchev–Trinajstić information content (AvgIpc) is 2.35. The molecule has 0 aromatic heterocycles. The fraction of sp³-hybridized carbons (Fsp3) is 0.533. The minimum atomic E-state index is -0.161. The predicted molar refractivity (Wildman–Crippen MR) is 73.5 cm³/mol. The van der Waals surface area contributed by atoms with E-state index >= 15 is 0 Å². The summed E-state index contributed by atoms with van der Waals surface area (Å²) in [4.78, 5) is 11.7. The highest BCUT2D eigenvalue weighted by Gasteiger charge is 2.09. The van der Waals surface area contributed by atoms with Crippen molar-refractivity contribution < 1.29 is 9.53 Å². The fourth-order valence-electron chi connectivity index (χ4n) is 1.68. The number of nitrogens with one attached hydrogen (secondary N) is 1. The second kappa shape index (κ2) is 8.70. The Balaban J connectivity index is 2.19. The van der Waals surface area contributed by atoms with Crippen LogP contribution < -0.4 is 5.32 Å². The van der Waals surface area contributed by atoms with Crippen LogP contribution in [0, 0.1) is 0 Å². The lowest BCUT2D eigenvalue weighted by Crippen LogP contribution is -2.29. The monoisotopic (exact) mass is 249 g/mol. The van der Waals surface area contributed by atoms with Crippen LogP contribution in [-0.4, -0.2) is 25.2 Å². The summed E-state index contributed by atoms with van der Waals surface area (Å²) >= 11 is 0. The van der Waals surface area contributed by atoms with Gasteiger partial charge in [-0.05, 0) is 25.5 Å². The molecule has 0 saturated heterocycles. The maximum Gasteiger partial charge on any atom is 0.310 e. The third-order valence-electron chi connectivity index (χ3n) is 2.66. The van der Waals surface area contributed by atoms with Crippen molar-refractivity contribution in [2.45, 2.75) is 39.2 Å². The maximum absolute atomic E-state index is 11.7. The number of carbonyl (C=O) groups excluding carboxylic acids is 1. The Morgan fingerprint density at radius 2 is 2.06 bits per heavy atom. The van der Waals surface area contributed by atoms with E-state index in [9.17, 15) is 4.79 Å². The molecule has 0 saturated carbocycles. The summed E-state index contributed by atoms with van der Waals surface area (Å²) in [6.07, 6.45) is 2.61. The molecule has 1 aromatic rings. The van der Waals surface area contributed by atoms with Crippen LogP contribution in [0.1, 0.15) is 32.3 Å². The molecular formula is C15H23NO2. The number of hydrogen-bond donors (Lipinski definition) is 1. The van der Waals surface area contributed by atoms with Gasteiger partial charge in [-0.2, -0.15) is 0 Å². The van der Waals surface area contributed by atoms with Crippen LogP contribution >= 0.6 is 0 Å². The van der Waals surface area contributed by atoms with E-state index in [1.165, 1.54) is 6.42 Å². The van der Waals surface area contributed by atoms with E-state index in [4.69, 9.17) is 4.74 Å². The molecule has 0 radical (unpaired) electrons. The van der Waals surface area contributed by atoms with Crippen LogP contribution in [0.3, 0.4) is 0 Å². The lowest BCUT2D eigenvalue weighted by atomic mass is 10.1. The first-order valence-corrected chi connectivity index (χ1v) is 6.66. The molecular weight excluding hydrogens is 226 g/mol. The van der Waals surface area contributed by atoms with Crippen LogP contribution in [0.4, 0.5) is 0 Å². The Morgan fingerprint density at radius 1 is 1.33 bits per heavy atom. The normalized spacial score (nSPS) is 12.1. The molecule has 1 rings (SSSR count). The molecule has 3 nitrogen and oxygen atoms in total. The zero-order chi connectivity index (χ0) is 13.2. The first-order chi connectivity index (χ1) is 8.72. The van der Waals surface area contributed by atoms with Gasteiger partial charge in [0.15, 0.2) is 0 Å². The quantitative estimate of drug-likeness (QED) is 0.568. The molecule has 0 heterocycles. The summed E-state index contributed by atoms with van der Waals surface area (Å²) in [5, 5.41) is 3.28. The van der Waals surface area contributed by atoms with Gasteiger partial charge in [-0.15, -0.1) is 0 Å². The number of benzene rings is 1. The summed E-state index contributed by atoms with van der Waals surface area (Å²) in [7, 11) is 0. The van der Waals surface area contributed by atoms with Gasteiger partial charge in [0, 0.05) is 6.54 Å². The van der Waals surface area contributed by atoms with Crippen LogP contribution in [0.5, 0.6) is 0 Å². The molecule has 0 fully saturated rings. The van der Waals surface area contributed by atoms with E-state index in [1.807, 2.05) is 37.3 Å². The zero-order valence-corrected chi connectivity index (χ0v) is 11.3. The van der Waals surface area contributed by atoms with E-state index < -0.39 is 0 Å². The van der Waals surface area contributed by atoms with E-state index in [-0.39, 0.29) is 12.1 Å². The van der Waals surface area contributed by atoms with Gasteiger partial charge in [0.25, 0.3) is 0 Å². The van der Waals surface area contributed by atoms with Crippen molar-refractivity contribution in [1.82, 2.24) is 5.32 Å². The van der Waals surface area contributed by atoms with Crippen LogP contribution in [-0.2, 0) is 16.0 Å². The minimum absolute atomic E-state index is 0.0712. The topological polar surface area (TPSA) is 38.3 Å². The van der Waals surface area contributed by atoms with Crippen LogP contribution in [0.2, 0.25) is 0 Å². The second-order valence-corrected chi connectivity index (χ2v) is 4.52. The van der Waals surface area contributed by atoms with Crippen molar-refractivity contribution in [3.8, 4) is 0 Å². The number of carbonyl (C=O) groups is 1. The summed E-state index contributed by atoms with van der Waals surface area (Å²) < 4.78 is 5.33. The summed E-state index contributed by atoms with van der Waals surface area (Å²) in [6.45, 7) is 5.78. The first-order valence-electron chi connectivity index (χ1n) is 6.66. The maximum atomic E-state index is 11.7. The largest absolute Gasteiger partial charge is 0.461 e. The average molecular weight is 249 g/mol. The fourth-order valence-corrected chi connectivity index (χ4v) is 1.68. The third-order valence-corrected chi connectivity index (χ3v) is 2.66. The van der Waals surface area contributed by atoms with E-state index in [2.05, 4.69) is 12.2 Å². The highest BCUT2D eigenvalue weighted by Crippen LogP contribution is 2.02. The Kier molecular flexibility index (Phi) is 7.11. The van der Waals surface area contributed by atoms with Gasteiger partial charge < -0.3 is 10.1 Å². The van der Waals surface area contributed by atoms with Gasteiger partial charge >= 0.3 is 5.97 Å². The molecule has 0 aliphatic rings. The molecule has 0 amide bonds. The van der Waals surface area contributed by atoms with Gasteiger partial charge in [-0.1, -0.05) is 43.7 Å². The summed E-state index contributed by atoms with van der Waals surface area (Å²) in [5.41, 5.74) is 0.994. The number of unbranched alkanes of at least 4 members (excludes halogenated alkanes) is 1. The molecule has 1 N–H and O–H groups in total. The van der Waals surface area contributed by atoms with Gasteiger partial charge in [0.05, 0.1) is 6.42 Å². The van der Waals surface area contributed by atoms with E-state index in [0.29, 0.717) is 6.42 Å². The molecule has 0 bridgehead atoms. The first kappa shape index (κ1) is 14.7. The Morgan fingerprint density at radius 3 is 2.72 bits per heavy atom. The zero-order valence-electron chi connectivity index (χ0n) is 11.3. The third kappa shape index (κ3) is 6.40. The van der Waals surface area contributed by atoms with Crippen molar-refractivity contribution in [3.63, 3.8) is 0 Å². The molecule has 0 aliphatic carbocycles. The summed E-state index contributed by atoms with van der Waals surface area (Å²) in [5.74, 6) is -0.161. The van der Waals surface area contributed by atoms with E-state index in [1.54, 1.807) is 0 Å². The lowest BCUT2D eigenvalue weighted by Gasteiger charge is -2.14. The molecule has 0 spiro atoms. The van der Waals surface area contributed by atoms with Crippen molar-refractivity contribution >= 4 is 5.97 Å². The molecule has 1 atom stereocenters. The standard InChI is InChI=1S/C15H23NO2/c1-3-4-10-16-12-13(2)18-15(17)11-14-8-6-5-7-9-14/h5-9,13,16H,3-4,10-12H2,1-2H3. The number of rotatable bonds is 8. The van der Waals surface area contributed by atoms with Crippen LogP contribution in [0.25, 0.3) is 0 Å². The van der Waals surface area contributed by atoms with Crippen molar-refractivity contribution in [1.29, 1.82) is 0 Å². The van der Waals surface area contributed by atoms with Crippen molar-refractivity contribution in [2.75, 3.05) is 13.1 Å².